The number of carbonyl (C=O) groups excluding carboxylic acids is 1. The molecule has 0 saturated heterocycles. The Labute approximate surface area is 219 Å². The zero-order valence-corrected chi connectivity index (χ0v) is 22.0. The Kier molecular flexibility index (Phi) is 7.71. The van der Waals surface area contributed by atoms with E-state index >= 15 is 0 Å². The summed E-state index contributed by atoms with van der Waals surface area (Å²) in [6, 6.07) is 21.4. The molecule has 0 aliphatic heterocycles. The van der Waals surface area contributed by atoms with Crippen LogP contribution in [0.25, 0.3) is 21.7 Å². The number of hydrogen-bond donors (Lipinski definition) is 1. The van der Waals surface area contributed by atoms with Crippen molar-refractivity contribution in [3.63, 3.8) is 0 Å². The lowest BCUT2D eigenvalue weighted by Gasteiger charge is -2.12. The molecule has 0 spiro atoms. The minimum absolute atomic E-state index is 0.140. The molecule has 0 aliphatic carbocycles. The SMILES string of the molecule is Cc1cc(I)ccc1NC(=O)CSc1nc(-c2cccs2)cc(-c2ccc(Cl)cc2)c1C#N. The van der Waals surface area contributed by atoms with Crippen LogP contribution < -0.4 is 5.32 Å². The van der Waals surface area contributed by atoms with Gasteiger partial charge in [-0.1, -0.05) is 41.6 Å². The first kappa shape index (κ1) is 23.8. The number of aryl methyl sites for hydroxylation is 1. The second-order valence-electron chi connectivity index (χ2n) is 7.13. The van der Waals surface area contributed by atoms with Gasteiger partial charge in [0.15, 0.2) is 0 Å². The van der Waals surface area contributed by atoms with Crippen molar-refractivity contribution in [3.05, 3.63) is 85.8 Å². The Morgan fingerprint density at radius 1 is 1.21 bits per heavy atom. The van der Waals surface area contributed by atoms with E-state index in [2.05, 4.69) is 34.0 Å². The fraction of sp³-hybridized carbons (Fsp3) is 0.0800. The second kappa shape index (κ2) is 10.7. The van der Waals surface area contributed by atoms with Gasteiger partial charge >= 0.3 is 0 Å². The standard InChI is InChI=1S/C25H17ClIN3OS2/c1-15-11-18(27)8-9-21(15)29-24(31)14-33-25-20(13-28)19(16-4-6-17(26)7-5-16)12-22(30-25)23-3-2-10-32-23/h2-12H,14H2,1H3,(H,29,31). The number of pyridine rings is 1. The van der Waals surface area contributed by atoms with E-state index in [1.54, 1.807) is 23.5 Å². The molecule has 2 aromatic carbocycles. The highest BCUT2D eigenvalue weighted by molar-refractivity contribution is 14.1. The molecular weight excluding hydrogens is 585 g/mol. The number of aromatic nitrogens is 1. The highest BCUT2D eigenvalue weighted by Gasteiger charge is 2.17. The van der Waals surface area contributed by atoms with Crippen LogP contribution in [-0.2, 0) is 4.79 Å². The first-order valence-electron chi connectivity index (χ1n) is 9.88. The summed E-state index contributed by atoms with van der Waals surface area (Å²) in [7, 11) is 0. The van der Waals surface area contributed by atoms with Gasteiger partial charge in [0.2, 0.25) is 5.91 Å². The van der Waals surface area contributed by atoms with Crippen molar-refractivity contribution in [2.75, 3.05) is 11.1 Å². The molecule has 1 N–H and O–H groups in total. The summed E-state index contributed by atoms with van der Waals surface area (Å²) in [6.45, 7) is 1.96. The Hall–Kier alpha value is -2.38. The Morgan fingerprint density at radius 3 is 2.67 bits per heavy atom. The highest BCUT2D eigenvalue weighted by Crippen LogP contribution is 2.36. The van der Waals surface area contributed by atoms with Crippen molar-refractivity contribution in [3.8, 4) is 27.8 Å². The summed E-state index contributed by atoms with van der Waals surface area (Å²) in [5, 5.41) is 16.1. The number of amides is 1. The van der Waals surface area contributed by atoms with Crippen LogP contribution in [0.15, 0.2) is 71.1 Å². The lowest BCUT2D eigenvalue weighted by Crippen LogP contribution is -2.15. The molecule has 0 aliphatic rings. The van der Waals surface area contributed by atoms with Crippen LogP contribution in [0.2, 0.25) is 5.02 Å². The summed E-state index contributed by atoms with van der Waals surface area (Å²) in [5.74, 6) is -0.00861. The molecule has 0 fully saturated rings. The van der Waals surface area contributed by atoms with E-state index in [0.29, 0.717) is 15.6 Å². The van der Waals surface area contributed by atoms with Crippen molar-refractivity contribution >= 4 is 68.9 Å². The maximum atomic E-state index is 12.7. The van der Waals surface area contributed by atoms with Gasteiger partial charge in [0, 0.05) is 19.8 Å². The summed E-state index contributed by atoms with van der Waals surface area (Å²) in [4.78, 5) is 18.4. The zero-order valence-electron chi connectivity index (χ0n) is 17.4. The van der Waals surface area contributed by atoms with Gasteiger partial charge in [-0.15, -0.1) is 11.3 Å². The molecule has 4 rings (SSSR count). The topological polar surface area (TPSA) is 65.8 Å². The molecule has 164 valence electrons. The number of thiophene rings is 1. The lowest BCUT2D eigenvalue weighted by atomic mass is 10.0. The van der Waals surface area contributed by atoms with E-state index in [-0.39, 0.29) is 11.7 Å². The molecule has 4 aromatic rings. The Morgan fingerprint density at radius 2 is 2.00 bits per heavy atom. The van der Waals surface area contributed by atoms with Crippen LogP contribution in [0.1, 0.15) is 11.1 Å². The average molecular weight is 602 g/mol. The van der Waals surface area contributed by atoms with Gasteiger partial charge in [-0.3, -0.25) is 4.79 Å². The third-order valence-corrected chi connectivity index (χ3v) is 7.62. The van der Waals surface area contributed by atoms with Crippen LogP contribution in [0.4, 0.5) is 5.69 Å². The van der Waals surface area contributed by atoms with Crippen LogP contribution in [0.5, 0.6) is 0 Å². The number of carbonyl (C=O) groups is 1. The number of thioether (sulfide) groups is 1. The predicted molar refractivity (Wildman–Crippen MR) is 146 cm³/mol. The largest absolute Gasteiger partial charge is 0.325 e. The number of nitrogens with zero attached hydrogens (tertiary/aromatic N) is 2. The maximum absolute atomic E-state index is 12.7. The normalized spacial score (nSPS) is 10.6. The molecule has 0 saturated carbocycles. The van der Waals surface area contributed by atoms with Gasteiger partial charge in [0.05, 0.1) is 21.9 Å². The lowest BCUT2D eigenvalue weighted by molar-refractivity contribution is -0.113. The van der Waals surface area contributed by atoms with Crippen LogP contribution >= 0.6 is 57.3 Å². The van der Waals surface area contributed by atoms with E-state index in [9.17, 15) is 10.1 Å². The molecule has 8 heteroatoms. The predicted octanol–water partition coefficient (Wildman–Crippen LogP) is 7.65. The number of benzene rings is 2. The van der Waals surface area contributed by atoms with E-state index < -0.39 is 0 Å². The molecule has 0 atom stereocenters. The Balaban J connectivity index is 1.65. The summed E-state index contributed by atoms with van der Waals surface area (Å²) in [6.07, 6.45) is 0. The molecule has 2 aromatic heterocycles. The number of rotatable bonds is 6. The summed E-state index contributed by atoms with van der Waals surface area (Å²) >= 11 is 11.1. The van der Waals surface area contributed by atoms with Gasteiger partial charge < -0.3 is 5.32 Å². The number of nitrogens with one attached hydrogen (secondary N) is 1. The van der Waals surface area contributed by atoms with Crippen LogP contribution in [-0.4, -0.2) is 16.6 Å². The molecular formula is C25H17ClIN3OS2. The van der Waals surface area contributed by atoms with Crippen molar-refractivity contribution in [1.82, 2.24) is 4.98 Å². The number of hydrogen-bond acceptors (Lipinski definition) is 5. The highest BCUT2D eigenvalue weighted by atomic mass is 127. The minimum Gasteiger partial charge on any atom is -0.325 e. The van der Waals surface area contributed by atoms with Gasteiger partial charge in [-0.05, 0) is 88.5 Å². The molecule has 0 radical (unpaired) electrons. The van der Waals surface area contributed by atoms with Crippen molar-refractivity contribution in [2.45, 2.75) is 11.9 Å². The smallest absolute Gasteiger partial charge is 0.234 e. The fourth-order valence-corrected chi connectivity index (χ4v) is 5.49. The van der Waals surface area contributed by atoms with E-state index in [0.717, 1.165) is 36.5 Å². The monoisotopic (exact) mass is 601 g/mol. The quantitative estimate of drug-likeness (QED) is 0.182. The Bertz CT molecular complexity index is 1350. The molecule has 0 bridgehead atoms. The summed E-state index contributed by atoms with van der Waals surface area (Å²) < 4.78 is 1.11. The second-order valence-corrected chi connectivity index (χ2v) is 10.7. The van der Waals surface area contributed by atoms with Crippen molar-refractivity contribution in [1.29, 1.82) is 5.26 Å². The van der Waals surface area contributed by atoms with Crippen LogP contribution in [0, 0.1) is 21.8 Å². The van der Waals surface area contributed by atoms with E-state index in [4.69, 9.17) is 16.6 Å². The average Bonchev–Trinajstić information content (AvgIpc) is 3.34. The number of nitriles is 1. The molecule has 4 nitrogen and oxygen atoms in total. The third-order valence-electron chi connectivity index (χ3n) is 4.83. The van der Waals surface area contributed by atoms with Gasteiger partial charge in [-0.2, -0.15) is 5.26 Å². The molecule has 1 amide bonds. The van der Waals surface area contributed by atoms with E-state index in [1.807, 2.05) is 60.8 Å². The first-order valence-corrected chi connectivity index (χ1v) is 13.2. The van der Waals surface area contributed by atoms with Gasteiger partial charge in [0.25, 0.3) is 0 Å². The fourth-order valence-electron chi connectivity index (χ4n) is 3.23. The van der Waals surface area contributed by atoms with Crippen LogP contribution in [0.3, 0.4) is 0 Å². The van der Waals surface area contributed by atoms with Gasteiger partial charge in [-0.25, -0.2) is 4.98 Å². The first-order chi connectivity index (χ1) is 15.9. The molecule has 0 unspecified atom stereocenters. The van der Waals surface area contributed by atoms with E-state index in [1.165, 1.54) is 11.8 Å². The van der Waals surface area contributed by atoms with Gasteiger partial charge in [0.1, 0.15) is 11.1 Å². The molecule has 2 heterocycles. The number of anilines is 1. The zero-order chi connectivity index (χ0) is 23.4. The third kappa shape index (κ3) is 5.76. The van der Waals surface area contributed by atoms with Crippen molar-refractivity contribution < 1.29 is 4.79 Å². The number of halogens is 2. The maximum Gasteiger partial charge on any atom is 0.234 e. The molecule has 33 heavy (non-hydrogen) atoms. The van der Waals surface area contributed by atoms with Crippen molar-refractivity contribution in [2.24, 2.45) is 0 Å². The minimum atomic E-state index is -0.149. The summed E-state index contributed by atoms with van der Waals surface area (Å²) in [5.41, 5.74) is 4.64.